The number of carbonyl (C=O) groups is 1. The number of nitrogens with one attached hydrogen (secondary N) is 1. The van der Waals surface area contributed by atoms with Crippen LogP contribution in [0.3, 0.4) is 0 Å². The SMILES string of the molecule is CC[C@H](C)c1ccc(NC(=O)C(F)(F)C(F)(F)C(F)(F)C(F)(F)F)cc1. The largest absolute Gasteiger partial charge is 0.460 e. The van der Waals surface area contributed by atoms with Crippen LogP contribution in [0.4, 0.5) is 45.2 Å². The maximum atomic E-state index is 13.4. The number of hydrogen-bond donors (Lipinski definition) is 1. The molecule has 0 aromatic heterocycles. The standard InChI is InChI=1S/C15H14F9NO/c1-3-8(2)9-4-6-10(7-5-9)25-11(26)12(16,17)13(18,19)14(20,21)15(22,23)24/h4-8H,3H2,1-2H3,(H,25,26)/t8-/m0/s1. The summed E-state index contributed by atoms with van der Waals surface area (Å²) < 4.78 is 115. The summed E-state index contributed by atoms with van der Waals surface area (Å²) in [5, 5.41) is 1.23. The van der Waals surface area contributed by atoms with Gasteiger partial charge in [0.25, 0.3) is 0 Å². The summed E-state index contributed by atoms with van der Waals surface area (Å²) in [6, 6.07) is 4.81. The van der Waals surface area contributed by atoms with Crippen LogP contribution in [0.15, 0.2) is 24.3 Å². The number of carbonyl (C=O) groups excluding carboxylic acids is 1. The lowest BCUT2D eigenvalue weighted by Gasteiger charge is -2.32. The Kier molecular flexibility index (Phi) is 5.94. The number of hydrogen-bond acceptors (Lipinski definition) is 1. The molecule has 1 aromatic rings. The average Bonchev–Trinajstić information content (AvgIpc) is 2.53. The zero-order valence-electron chi connectivity index (χ0n) is 13.4. The molecule has 1 aromatic carbocycles. The van der Waals surface area contributed by atoms with Gasteiger partial charge >= 0.3 is 29.9 Å². The molecule has 1 amide bonds. The van der Waals surface area contributed by atoms with E-state index in [1.807, 2.05) is 13.8 Å². The van der Waals surface area contributed by atoms with Crippen molar-refractivity contribution in [2.45, 2.75) is 50.1 Å². The Morgan fingerprint density at radius 2 is 1.38 bits per heavy atom. The molecule has 0 aliphatic carbocycles. The fraction of sp³-hybridized carbons (Fsp3) is 0.533. The molecular formula is C15H14F9NO. The van der Waals surface area contributed by atoms with Crippen LogP contribution < -0.4 is 5.32 Å². The van der Waals surface area contributed by atoms with Crippen LogP contribution in [0.2, 0.25) is 0 Å². The first-order chi connectivity index (χ1) is 11.6. The lowest BCUT2D eigenvalue weighted by Crippen LogP contribution is -2.64. The van der Waals surface area contributed by atoms with Crippen LogP contribution >= 0.6 is 0 Å². The van der Waals surface area contributed by atoms with Crippen molar-refractivity contribution in [1.29, 1.82) is 0 Å². The maximum absolute atomic E-state index is 13.4. The maximum Gasteiger partial charge on any atom is 0.460 e. The first-order valence-corrected chi connectivity index (χ1v) is 7.21. The number of amides is 1. The van der Waals surface area contributed by atoms with E-state index >= 15 is 0 Å². The van der Waals surface area contributed by atoms with Gasteiger partial charge in [-0.25, -0.2) is 0 Å². The Balaban J connectivity index is 3.07. The van der Waals surface area contributed by atoms with Gasteiger partial charge < -0.3 is 5.32 Å². The number of halogens is 9. The summed E-state index contributed by atoms with van der Waals surface area (Å²) in [7, 11) is 0. The van der Waals surface area contributed by atoms with Gasteiger partial charge in [0, 0.05) is 5.69 Å². The Morgan fingerprint density at radius 1 is 0.923 bits per heavy atom. The van der Waals surface area contributed by atoms with Gasteiger partial charge in [-0.1, -0.05) is 26.0 Å². The molecule has 0 heterocycles. The van der Waals surface area contributed by atoms with Crippen molar-refractivity contribution >= 4 is 11.6 Å². The van der Waals surface area contributed by atoms with Crippen LogP contribution in [-0.4, -0.2) is 29.9 Å². The van der Waals surface area contributed by atoms with Crippen LogP contribution in [0.5, 0.6) is 0 Å². The number of anilines is 1. The second kappa shape index (κ2) is 6.99. The van der Waals surface area contributed by atoms with Gasteiger partial charge in [-0.15, -0.1) is 0 Å². The molecule has 0 saturated heterocycles. The van der Waals surface area contributed by atoms with Crippen molar-refractivity contribution in [3.8, 4) is 0 Å². The third kappa shape index (κ3) is 3.75. The van der Waals surface area contributed by atoms with E-state index in [0.29, 0.717) is 12.0 Å². The van der Waals surface area contributed by atoms with Crippen molar-refractivity contribution in [3.63, 3.8) is 0 Å². The minimum Gasteiger partial charge on any atom is -0.321 e. The van der Waals surface area contributed by atoms with E-state index in [4.69, 9.17) is 0 Å². The Bertz CT molecular complexity index is 638. The van der Waals surface area contributed by atoms with Crippen molar-refractivity contribution in [2.24, 2.45) is 0 Å². The summed E-state index contributed by atoms with van der Waals surface area (Å²) in [5.74, 6) is -23.3. The highest BCUT2D eigenvalue weighted by Crippen LogP contribution is 2.53. The Morgan fingerprint density at radius 3 is 1.77 bits per heavy atom. The van der Waals surface area contributed by atoms with Gasteiger partial charge in [-0.3, -0.25) is 4.79 Å². The normalized spacial score (nSPS) is 14.9. The fourth-order valence-electron chi connectivity index (χ4n) is 1.86. The first kappa shape index (κ1) is 22.1. The summed E-state index contributed by atoms with van der Waals surface area (Å²) in [6.45, 7) is 3.67. The van der Waals surface area contributed by atoms with Gasteiger partial charge in [0.05, 0.1) is 0 Å². The van der Waals surface area contributed by atoms with E-state index in [1.165, 1.54) is 17.4 Å². The molecule has 1 atom stereocenters. The molecule has 0 aliphatic heterocycles. The zero-order chi connectivity index (χ0) is 20.6. The highest BCUT2D eigenvalue weighted by Gasteiger charge is 2.83. The van der Waals surface area contributed by atoms with Gasteiger partial charge in [0.2, 0.25) is 0 Å². The highest BCUT2D eigenvalue weighted by molar-refractivity contribution is 5.97. The minimum atomic E-state index is -7.11. The average molecular weight is 395 g/mol. The zero-order valence-corrected chi connectivity index (χ0v) is 13.4. The fourth-order valence-corrected chi connectivity index (χ4v) is 1.86. The molecule has 2 nitrogen and oxygen atoms in total. The van der Waals surface area contributed by atoms with Crippen molar-refractivity contribution < 1.29 is 44.3 Å². The second-order valence-electron chi connectivity index (χ2n) is 5.61. The van der Waals surface area contributed by atoms with Gasteiger partial charge in [0.1, 0.15) is 0 Å². The van der Waals surface area contributed by atoms with E-state index in [9.17, 15) is 44.3 Å². The monoisotopic (exact) mass is 395 g/mol. The smallest absolute Gasteiger partial charge is 0.321 e. The topological polar surface area (TPSA) is 29.1 Å². The van der Waals surface area contributed by atoms with Crippen LogP contribution in [0.25, 0.3) is 0 Å². The molecule has 11 heteroatoms. The van der Waals surface area contributed by atoms with E-state index in [-0.39, 0.29) is 5.92 Å². The minimum absolute atomic E-state index is 0.0519. The molecule has 0 bridgehead atoms. The summed E-state index contributed by atoms with van der Waals surface area (Å²) >= 11 is 0. The van der Waals surface area contributed by atoms with Crippen molar-refractivity contribution in [2.75, 3.05) is 5.32 Å². The predicted octanol–water partition coefficient (Wildman–Crippen LogP) is 5.61. The third-order valence-corrected chi connectivity index (χ3v) is 3.78. The van der Waals surface area contributed by atoms with Crippen LogP contribution in [0, 0.1) is 0 Å². The van der Waals surface area contributed by atoms with Crippen LogP contribution in [-0.2, 0) is 4.79 Å². The van der Waals surface area contributed by atoms with E-state index in [0.717, 1.165) is 12.1 Å². The van der Waals surface area contributed by atoms with Gasteiger partial charge in [-0.2, -0.15) is 39.5 Å². The lowest BCUT2D eigenvalue weighted by atomic mass is 9.98. The molecule has 148 valence electrons. The van der Waals surface area contributed by atoms with Crippen molar-refractivity contribution in [3.05, 3.63) is 29.8 Å². The number of benzene rings is 1. The molecule has 0 fully saturated rings. The van der Waals surface area contributed by atoms with E-state index < -0.39 is 35.5 Å². The molecule has 0 aliphatic rings. The quantitative estimate of drug-likeness (QED) is 0.624. The summed E-state index contributed by atoms with van der Waals surface area (Å²) in [5.41, 5.74) is 0.249. The second-order valence-corrected chi connectivity index (χ2v) is 5.61. The predicted molar refractivity (Wildman–Crippen MR) is 74.7 cm³/mol. The third-order valence-electron chi connectivity index (χ3n) is 3.78. The molecule has 0 saturated carbocycles. The van der Waals surface area contributed by atoms with E-state index in [1.54, 1.807) is 0 Å². The Hall–Kier alpha value is -1.94. The molecule has 26 heavy (non-hydrogen) atoms. The van der Waals surface area contributed by atoms with Crippen LogP contribution in [0.1, 0.15) is 31.7 Å². The molecule has 0 radical (unpaired) electrons. The first-order valence-electron chi connectivity index (χ1n) is 7.21. The molecule has 1 rings (SSSR count). The highest BCUT2D eigenvalue weighted by atomic mass is 19.4. The Labute approximate surface area is 142 Å². The number of alkyl halides is 9. The van der Waals surface area contributed by atoms with E-state index in [2.05, 4.69) is 0 Å². The molecule has 1 N–H and O–H groups in total. The van der Waals surface area contributed by atoms with Gasteiger partial charge in [-0.05, 0) is 30.0 Å². The molecule has 0 unspecified atom stereocenters. The van der Waals surface area contributed by atoms with Crippen molar-refractivity contribution in [1.82, 2.24) is 0 Å². The lowest BCUT2D eigenvalue weighted by molar-refractivity contribution is -0.388. The van der Waals surface area contributed by atoms with Gasteiger partial charge in [0.15, 0.2) is 0 Å². The summed E-state index contributed by atoms with van der Waals surface area (Å²) in [4.78, 5) is 11.3. The summed E-state index contributed by atoms with van der Waals surface area (Å²) in [6.07, 6.45) is -6.26. The number of rotatable bonds is 6. The molecule has 0 spiro atoms. The molecular weight excluding hydrogens is 381 g/mol.